The highest BCUT2D eigenvalue weighted by atomic mass is 16.5. The third-order valence-electron chi connectivity index (χ3n) is 11.5. The molecule has 5 aromatic carbocycles. The summed E-state index contributed by atoms with van der Waals surface area (Å²) < 4.78 is 9.02. The molecular weight excluding hydrogens is 697 g/mol. The van der Waals surface area contributed by atoms with Gasteiger partial charge in [-0.1, -0.05) is 132 Å². The van der Waals surface area contributed by atoms with Crippen molar-refractivity contribution in [3.63, 3.8) is 0 Å². The van der Waals surface area contributed by atoms with Crippen molar-refractivity contribution in [1.29, 1.82) is 0 Å². The van der Waals surface area contributed by atoms with Crippen LogP contribution in [0.5, 0.6) is 11.5 Å². The molecule has 292 valence electrons. The fourth-order valence-corrected chi connectivity index (χ4v) is 8.25. The molecule has 3 heterocycles. The first-order chi connectivity index (χ1) is 26.8. The van der Waals surface area contributed by atoms with Crippen LogP contribution < -0.4 is 14.5 Å². The molecule has 1 aliphatic rings. The molecule has 5 nitrogen and oxygen atoms in total. The Labute approximate surface area is 339 Å². The largest absolute Gasteiger partial charge is 0.457 e. The Bertz CT molecular complexity index is 2600. The van der Waals surface area contributed by atoms with Gasteiger partial charge in [0.2, 0.25) is 0 Å². The standard InChI is InChI=1S/C52H58N4O/c1-49(2,3)34-26-27-53-47(30-34)56-43-21-14-13-20-39(43)40-25-24-38(32-46(40)56)57-37-19-17-18-36(31-37)54-33-55(45-23-16-15-22-44(45)54)48-41(51(7,8)9)28-35(50(4,5)6)29-42(48)52(10,11)12/h13-32H,33H2,1-12H3. The van der Waals surface area contributed by atoms with Crippen molar-refractivity contribution >= 4 is 44.6 Å². The minimum atomic E-state index is -0.0645. The fourth-order valence-electron chi connectivity index (χ4n) is 8.25. The summed E-state index contributed by atoms with van der Waals surface area (Å²) in [4.78, 5) is 9.85. The van der Waals surface area contributed by atoms with E-state index >= 15 is 0 Å². The normalized spacial score (nSPS) is 13.8. The number of hydrogen-bond donors (Lipinski definition) is 0. The summed E-state index contributed by atoms with van der Waals surface area (Å²) in [6.07, 6.45) is 1.93. The summed E-state index contributed by atoms with van der Waals surface area (Å²) in [5.41, 5.74) is 12.3. The van der Waals surface area contributed by atoms with E-state index in [1.807, 2.05) is 6.20 Å². The maximum atomic E-state index is 6.75. The zero-order valence-electron chi connectivity index (χ0n) is 36.0. The molecule has 57 heavy (non-hydrogen) atoms. The number of nitrogens with zero attached hydrogens (tertiary/aromatic N) is 4. The van der Waals surface area contributed by atoms with E-state index in [2.05, 4.69) is 213 Å². The van der Waals surface area contributed by atoms with Gasteiger partial charge in [0.25, 0.3) is 0 Å². The van der Waals surface area contributed by atoms with Crippen molar-refractivity contribution < 1.29 is 4.74 Å². The monoisotopic (exact) mass is 754 g/mol. The highest BCUT2D eigenvalue weighted by molar-refractivity contribution is 6.09. The van der Waals surface area contributed by atoms with Crippen molar-refractivity contribution in [2.45, 2.75) is 105 Å². The molecule has 0 unspecified atom stereocenters. The summed E-state index contributed by atoms with van der Waals surface area (Å²) in [5, 5.41) is 2.36. The van der Waals surface area contributed by atoms with Crippen molar-refractivity contribution in [3.8, 4) is 17.3 Å². The Kier molecular flexibility index (Phi) is 9.11. The van der Waals surface area contributed by atoms with Crippen LogP contribution in [0.15, 0.2) is 121 Å². The van der Waals surface area contributed by atoms with Gasteiger partial charge in [-0.25, -0.2) is 4.98 Å². The quantitative estimate of drug-likeness (QED) is 0.175. The average molecular weight is 755 g/mol. The van der Waals surface area contributed by atoms with Crippen molar-refractivity contribution in [3.05, 3.63) is 144 Å². The third kappa shape index (κ3) is 7.07. The van der Waals surface area contributed by atoms with Gasteiger partial charge in [-0.05, 0) is 98.5 Å². The van der Waals surface area contributed by atoms with Crippen LogP contribution >= 0.6 is 0 Å². The minimum absolute atomic E-state index is 0.00324. The number of aromatic nitrogens is 2. The molecular formula is C52H58N4O. The van der Waals surface area contributed by atoms with Gasteiger partial charge in [0.1, 0.15) is 24.0 Å². The molecule has 0 bridgehead atoms. The highest BCUT2D eigenvalue weighted by Gasteiger charge is 2.36. The molecule has 0 amide bonds. The summed E-state index contributed by atoms with van der Waals surface area (Å²) in [5.74, 6) is 2.48. The smallest absolute Gasteiger partial charge is 0.137 e. The van der Waals surface area contributed by atoms with Gasteiger partial charge < -0.3 is 14.5 Å². The van der Waals surface area contributed by atoms with E-state index < -0.39 is 0 Å². The lowest BCUT2D eigenvalue weighted by Crippen LogP contribution is -2.31. The van der Waals surface area contributed by atoms with Gasteiger partial charge in [-0.2, -0.15) is 0 Å². The number of rotatable bonds is 5. The number of hydrogen-bond acceptors (Lipinski definition) is 4. The molecule has 0 N–H and O–H groups in total. The molecule has 0 saturated carbocycles. The molecule has 0 saturated heterocycles. The zero-order chi connectivity index (χ0) is 40.7. The summed E-state index contributed by atoms with van der Waals surface area (Å²) in [6.45, 7) is 28.5. The average Bonchev–Trinajstić information content (AvgIpc) is 3.69. The van der Waals surface area contributed by atoms with Crippen LogP contribution in [-0.4, -0.2) is 16.2 Å². The van der Waals surface area contributed by atoms with Crippen LogP contribution in [0.3, 0.4) is 0 Å². The maximum Gasteiger partial charge on any atom is 0.137 e. The number of para-hydroxylation sites is 3. The lowest BCUT2D eigenvalue weighted by molar-refractivity contribution is 0.483. The van der Waals surface area contributed by atoms with Crippen molar-refractivity contribution in [2.24, 2.45) is 0 Å². The van der Waals surface area contributed by atoms with Crippen LogP contribution in [0.1, 0.15) is 105 Å². The van der Waals surface area contributed by atoms with Crippen molar-refractivity contribution in [1.82, 2.24) is 9.55 Å². The van der Waals surface area contributed by atoms with Gasteiger partial charge >= 0.3 is 0 Å². The predicted molar refractivity (Wildman–Crippen MR) is 242 cm³/mol. The van der Waals surface area contributed by atoms with Crippen LogP contribution in [0.2, 0.25) is 0 Å². The molecule has 2 aromatic heterocycles. The first-order valence-electron chi connectivity index (χ1n) is 20.4. The summed E-state index contributed by atoms with van der Waals surface area (Å²) >= 11 is 0. The maximum absolute atomic E-state index is 6.75. The molecule has 0 aliphatic carbocycles. The molecule has 5 heteroatoms. The van der Waals surface area contributed by atoms with Gasteiger partial charge in [0, 0.05) is 34.8 Å². The Morgan fingerprint density at radius 1 is 0.491 bits per heavy atom. The van der Waals surface area contributed by atoms with Crippen LogP contribution in [0.4, 0.5) is 22.7 Å². The second-order valence-corrected chi connectivity index (χ2v) is 19.9. The SMILES string of the molecule is CC(C)(C)c1ccnc(-n2c3ccccc3c3ccc(Oc4cccc(N5CN(c6c(C(C)(C)C)cc(C(C)(C)C)cc6C(C)(C)C)c6ccccc65)c4)cc32)c1. The van der Waals surface area contributed by atoms with E-state index in [0.29, 0.717) is 6.67 Å². The highest BCUT2D eigenvalue weighted by Crippen LogP contribution is 2.51. The molecule has 0 fully saturated rings. The Morgan fingerprint density at radius 2 is 1.09 bits per heavy atom. The lowest BCUT2D eigenvalue weighted by atomic mass is 9.74. The van der Waals surface area contributed by atoms with E-state index in [1.54, 1.807) is 0 Å². The van der Waals surface area contributed by atoms with E-state index in [9.17, 15) is 0 Å². The third-order valence-corrected chi connectivity index (χ3v) is 11.5. The second-order valence-electron chi connectivity index (χ2n) is 19.9. The van der Waals surface area contributed by atoms with Crippen molar-refractivity contribution in [2.75, 3.05) is 16.5 Å². The van der Waals surface area contributed by atoms with Gasteiger partial charge in [-0.3, -0.25) is 4.57 Å². The predicted octanol–water partition coefficient (Wildman–Crippen LogP) is 14.4. The zero-order valence-corrected chi connectivity index (χ0v) is 36.0. The minimum Gasteiger partial charge on any atom is -0.457 e. The molecule has 0 atom stereocenters. The first-order valence-corrected chi connectivity index (χ1v) is 20.4. The van der Waals surface area contributed by atoms with E-state index in [4.69, 9.17) is 9.72 Å². The number of benzene rings is 5. The number of ether oxygens (including phenoxy) is 1. The topological polar surface area (TPSA) is 33.5 Å². The second kappa shape index (κ2) is 13.5. The molecule has 8 rings (SSSR count). The van der Waals surface area contributed by atoms with E-state index in [-0.39, 0.29) is 21.7 Å². The Balaban J connectivity index is 1.19. The van der Waals surface area contributed by atoms with E-state index in [0.717, 1.165) is 34.0 Å². The molecule has 0 spiro atoms. The summed E-state index contributed by atoms with van der Waals surface area (Å²) in [6, 6.07) is 41.6. The van der Waals surface area contributed by atoms with Gasteiger partial charge in [0.15, 0.2) is 0 Å². The number of anilines is 4. The van der Waals surface area contributed by atoms with Gasteiger partial charge in [0.05, 0.1) is 28.1 Å². The molecule has 0 radical (unpaired) electrons. The first kappa shape index (κ1) is 38.3. The summed E-state index contributed by atoms with van der Waals surface area (Å²) in [7, 11) is 0. The Hall–Kier alpha value is -5.55. The number of fused-ring (bicyclic) bond motifs is 4. The van der Waals surface area contributed by atoms with Crippen LogP contribution in [-0.2, 0) is 21.7 Å². The molecule has 1 aliphatic heterocycles. The number of pyridine rings is 1. The Morgan fingerprint density at radius 3 is 1.74 bits per heavy atom. The van der Waals surface area contributed by atoms with Crippen LogP contribution in [0.25, 0.3) is 27.6 Å². The lowest BCUT2D eigenvalue weighted by Gasteiger charge is -2.37. The fraction of sp³-hybridized carbons (Fsp3) is 0.327. The van der Waals surface area contributed by atoms with Crippen LogP contribution in [0, 0.1) is 0 Å². The van der Waals surface area contributed by atoms with Gasteiger partial charge in [-0.15, -0.1) is 0 Å². The molecule has 7 aromatic rings. The van der Waals surface area contributed by atoms with E-state index in [1.165, 1.54) is 50.1 Å².